The van der Waals surface area contributed by atoms with E-state index in [-0.39, 0.29) is 11.4 Å². The number of piperidine rings is 1. The summed E-state index contributed by atoms with van der Waals surface area (Å²) >= 11 is 0. The molecule has 1 aliphatic heterocycles. The fraction of sp³-hybridized carbons (Fsp3) is 0.667. The lowest BCUT2D eigenvalue weighted by atomic mass is 9.93. The maximum Gasteiger partial charge on any atom is 0.123 e. The van der Waals surface area contributed by atoms with E-state index in [2.05, 4.69) is 37.9 Å². The van der Waals surface area contributed by atoms with Crippen LogP contribution in [0.1, 0.15) is 52.5 Å². The van der Waals surface area contributed by atoms with E-state index in [0.717, 1.165) is 24.6 Å². The molecule has 21 heavy (non-hydrogen) atoms. The molecule has 1 saturated heterocycles. The first-order valence-electron chi connectivity index (χ1n) is 8.17. The van der Waals surface area contributed by atoms with E-state index in [9.17, 15) is 4.39 Å². The number of hydrogen-bond acceptors (Lipinski definition) is 2. The predicted octanol–water partition coefficient (Wildman–Crippen LogP) is 4.34. The number of anilines is 1. The molecule has 0 bridgehead atoms. The quantitative estimate of drug-likeness (QED) is 0.888. The predicted molar refractivity (Wildman–Crippen MR) is 88.2 cm³/mol. The van der Waals surface area contributed by atoms with E-state index >= 15 is 0 Å². The molecule has 0 amide bonds. The number of nitrogens with zero attached hydrogens (tertiary/aromatic N) is 1. The van der Waals surface area contributed by atoms with Crippen LogP contribution < -0.4 is 10.2 Å². The number of hydrogen-bond donors (Lipinski definition) is 1. The molecule has 1 aliphatic rings. The van der Waals surface area contributed by atoms with Gasteiger partial charge in [0.15, 0.2) is 0 Å². The van der Waals surface area contributed by atoms with Crippen molar-refractivity contribution in [1.82, 2.24) is 5.32 Å². The lowest BCUT2D eigenvalue weighted by Crippen LogP contribution is -2.37. The summed E-state index contributed by atoms with van der Waals surface area (Å²) in [6.07, 6.45) is 3.77. The van der Waals surface area contributed by atoms with Crippen LogP contribution in [-0.4, -0.2) is 18.6 Å². The minimum atomic E-state index is -0.145. The van der Waals surface area contributed by atoms with Crippen LogP contribution in [0.3, 0.4) is 0 Å². The standard InChI is InChI=1S/C18H29FN2/c1-5-14-8-10-21(11-9-14)17-7-6-16(19)12-15(17)13-20-18(2,3)4/h6-7,12,14,20H,5,8-11,13H2,1-4H3. The van der Waals surface area contributed by atoms with Gasteiger partial charge in [-0.05, 0) is 63.3 Å². The largest absolute Gasteiger partial charge is 0.371 e. The van der Waals surface area contributed by atoms with E-state index in [1.54, 1.807) is 12.1 Å². The molecule has 3 heteroatoms. The average Bonchev–Trinajstić information content (AvgIpc) is 2.45. The van der Waals surface area contributed by atoms with Crippen LogP contribution in [0.5, 0.6) is 0 Å². The maximum absolute atomic E-state index is 13.6. The molecular weight excluding hydrogens is 263 g/mol. The molecule has 0 aromatic heterocycles. The summed E-state index contributed by atoms with van der Waals surface area (Å²) in [5, 5.41) is 3.47. The van der Waals surface area contributed by atoms with E-state index in [0.29, 0.717) is 6.54 Å². The highest BCUT2D eigenvalue weighted by molar-refractivity contribution is 5.54. The van der Waals surface area contributed by atoms with Crippen LogP contribution in [0.4, 0.5) is 10.1 Å². The van der Waals surface area contributed by atoms with Crippen molar-refractivity contribution < 1.29 is 4.39 Å². The van der Waals surface area contributed by atoms with Crippen molar-refractivity contribution in [1.29, 1.82) is 0 Å². The Hall–Kier alpha value is -1.09. The molecule has 1 N–H and O–H groups in total. The van der Waals surface area contributed by atoms with Gasteiger partial charge in [0.25, 0.3) is 0 Å². The molecule has 1 heterocycles. The van der Waals surface area contributed by atoms with Gasteiger partial charge in [-0.1, -0.05) is 13.3 Å². The van der Waals surface area contributed by atoms with Gasteiger partial charge in [0.2, 0.25) is 0 Å². The van der Waals surface area contributed by atoms with E-state index < -0.39 is 0 Å². The summed E-state index contributed by atoms with van der Waals surface area (Å²) in [6.45, 7) is 11.6. The van der Waals surface area contributed by atoms with Gasteiger partial charge in [-0.2, -0.15) is 0 Å². The summed E-state index contributed by atoms with van der Waals surface area (Å²) in [4.78, 5) is 2.42. The average molecular weight is 292 g/mol. The van der Waals surface area contributed by atoms with Crippen molar-refractivity contribution in [2.24, 2.45) is 5.92 Å². The molecule has 1 aromatic rings. The molecule has 2 nitrogen and oxygen atoms in total. The molecule has 0 atom stereocenters. The van der Waals surface area contributed by atoms with Gasteiger partial charge in [0, 0.05) is 30.9 Å². The minimum absolute atomic E-state index is 0.0405. The van der Waals surface area contributed by atoms with E-state index in [1.807, 2.05) is 6.07 Å². The Labute approximate surface area is 128 Å². The van der Waals surface area contributed by atoms with Gasteiger partial charge >= 0.3 is 0 Å². The topological polar surface area (TPSA) is 15.3 Å². The molecule has 1 fully saturated rings. The van der Waals surface area contributed by atoms with Crippen molar-refractivity contribution in [3.63, 3.8) is 0 Å². The summed E-state index contributed by atoms with van der Waals surface area (Å²) in [6, 6.07) is 5.21. The van der Waals surface area contributed by atoms with Gasteiger partial charge < -0.3 is 10.2 Å². The monoisotopic (exact) mass is 292 g/mol. The van der Waals surface area contributed by atoms with Crippen LogP contribution in [0.2, 0.25) is 0 Å². The van der Waals surface area contributed by atoms with Gasteiger partial charge in [-0.15, -0.1) is 0 Å². The highest BCUT2D eigenvalue weighted by Crippen LogP contribution is 2.28. The van der Waals surface area contributed by atoms with Crippen LogP contribution in [0, 0.1) is 11.7 Å². The van der Waals surface area contributed by atoms with Crippen molar-refractivity contribution in [3.05, 3.63) is 29.6 Å². The molecule has 0 spiro atoms. The third kappa shape index (κ3) is 4.70. The maximum atomic E-state index is 13.6. The third-order valence-corrected chi connectivity index (χ3v) is 4.38. The lowest BCUT2D eigenvalue weighted by molar-refractivity contribution is 0.393. The fourth-order valence-corrected chi connectivity index (χ4v) is 2.95. The second-order valence-electron chi connectivity index (χ2n) is 7.22. The smallest absolute Gasteiger partial charge is 0.123 e. The van der Waals surface area contributed by atoms with Gasteiger partial charge in [0.05, 0.1) is 0 Å². The fourth-order valence-electron chi connectivity index (χ4n) is 2.95. The second kappa shape index (κ2) is 6.78. The minimum Gasteiger partial charge on any atom is -0.371 e. The zero-order valence-corrected chi connectivity index (χ0v) is 13.9. The first kappa shape index (κ1) is 16.3. The Bertz CT molecular complexity index is 457. The van der Waals surface area contributed by atoms with Crippen molar-refractivity contribution in [3.8, 4) is 0 Å². The van der Waals surface area contributed by atoms with Crippen LogP contribution in [-0.2, 0) is 6.54 Å². The van der Waals surface area contributed by atoms with Crippen molar-refractivity contribution in [2.75, 3.05) is 18.0 Å². The van der Waals surface area contributed by atoms with Gasteiger partial charge in [0.1, 0.15) is 5.82 Å². The first-order valence-corrected chi connectivity index (χ1v) is 8.17. The number of halogens is 1. The Morgan fingerprint density at radius 1 is 1.24 bits per heavy atom. The summed E-state index contributed by atoms with van der Waals surface area (Å²) < 4.78 is 13.6. The third-order valence-electron chi connectivity index (χ3n) is 4.38. The number of rotatable bonds is 4. The van der Waals surface area contributed by atoms with E-state index in [4.69, 9.17) is 0 Å². The summed E-state index contributed by atoms with van der Waals surface area (Å²) in [5.74, 6) is 0.714. The Balaban J connectivity index is 2.11. The molecule has 0 radical (unpaired) electrons. The van der Waals surface area contributed by atoms with E-state index in [1.165, 1.54) is 24.9 Å². The lowest BCUT2D eigenvalue weighted by Gasteiger charge is -2.35. The highest BCUT2D eigenvalue weighted by Gasteiger charge is 2.20. The molecule has 2 rings (SSSR count). The molecular formula is C18H29FN2. The number of nitrogens with one attached hydrogen (secondary N) is 1. The highest BCUT2D eigenvalue weighted by atomic mass is 19.1. The number of benzene rings is 1. The normalized spacial score (nSPS) is 17.3. The van der Waals surface area contributed by atoms with Crippen LogP contribution in [0.15, 0.2) is 18.2 Å². The molecule has 0 saturated carbocycles. The van der Waals surface area contributed by atoms with Crippen molar-refractivity contribution >= 4 is 5.69 Å². The van der Waals surface area contributed by atoms with Gasteiger partial charge in [-0.25, -0.2) is 4.39 Å². The Kier molecular flexibility index (Phi) is 5.26. The second-order valence-corrected chi connectivity index (χ2v) is 7.22. The SMILES string of the molecule is CCC1CCN(c2ccc(F)cc2CNC(C)(C)C)CC1. The van der Waals surface area contributed by atoms with Crippen LogP contribution >= 0.6 is 0 Å². The summed E-state index contributed by atoms with van der Waals surface area (Å²) in [7, 11) is 0. The Morgan fingerprint density at radius 3 is 2.48 bits per heavy atom. The first-order chi connectivity index (χ1) is 9.89. The van der Waals surface area contributed by atoms with Crippen molar-refractivity contribution in [2.45, 2.75) is 59.0 Å². The molecule has 0 aliphatic carbocycles. The zero-order valence-electron chi connectivity index (χ0n) is 13.9. The molecule has 118 valence electrons. The van der Waals surface area contributed by atoms with Gasteiger partial charge in [-0.3, -0.25) is 0 Å². The Morgan fingerprint density at radius 2 is 1.90 bits per heavy atom. The van der Waals surface area contributed by atoms with Crippen LogP contribution in [0.25, 0.3) is 0 Å². The molecule has 1 aromatic carbocycles. The zero-order chi connectivity index (χ0) is 15.5. The summed E-state index contributed by atoms with van der Waals surface area (Å²) in [5.41, 5.74) is 2.31. The molecule has 0 unspecified atom stereocenters.